The third-order valence-corrected chi connectivity index (χ3v) is 8.17. The van der Waals surface area contributed by atoms with Crippen LogP contribution in [0.25, 0.3) is 0 Å². The molecular formula is C28H32O5. The molecule has 5 nitrogen and oxygen atoms in total. The number of carbonyl (C=O) groups excluding carboxylic acids is 2. The van der Waals surface area contributed by atoms with Crippen molar-refractivity contribution in [3.63, 3.8) is 0 Å². The highest BCUT2D eigenvalue weighted by Crippen LogP contribution is 2.55. The maximum atomic E-state index is 13.2. The van der Waals surface area contributed by atoms with E-state index in [-0.39, 0.29) is 35.1 Å². The van der Waals surface area contributed by atoms with Gasteiger partial charge in [-0.1, -0.05) is 30.7 Å². The Morgan fingerprint density at radius 2 is 1.91 bits per heavy atom. The summed E-state index contributed by atoms with van der Waals surface area (Å²) in [5.41, 5.74) is 0.223. The van der Waals surface area contributed by atoms with Crippen LogP contribution in [-0.2, 0) is 19.0 Å². The predicted molar refractivity (Wildman–Crippen MR) is 123 cm³/mol. The summed E-state index contributed by atoms with van der Waals surface area (Å²) in [5, 5.41) is 0. The van der Waals surface area contributed by atoms with Crippen LogP contribution >= 0.6 is 0 Å². The van der Waals surface area contributed by atoms with Gasteiger partial charge >= 0.3 is 5.97 Å². The smallest absolute Gasteiger partial charge is 0.338 e. The molecule has 0 radical (unpaired) electrons. The lowest BCUT2D eigenvalue weighted by Gasteiger charge is -2.38. The maximum Gasteiger partial charge on any atom is 0.338 e. The fourth-order valence-electron chi connectivity index (χ4n) is 6.25. The topological polar surface area (TPSA) is 61.8 Å². The number of esters is 1. The molecule has 174 valence electrons. The first kappa shape index (κ1) is 22.4. The highest BCUT2D eigenvalue weighted by atomic mass is 16.7. The van der Waals surface area contributed by atoms with Crippen molar-refractivity contribution in [1.29, 1.82) is 0 Å². The highest BCUT2D eigenvalue weighted by Gasteiger charge is 2.57. The van der Waals surface area contributed by atoms with Gasteiger partial charge in [0.05, 0.1) is 18.8 Å². The van der Waals surface area contributed by atoms with E-state index in [2.05, 4.69) is 11.8 Å². The molecule has 1 spiro atoms. The van der Waals surface area contributed by atoms with Crippen molar-refractivity contribution in [2.45, 2.75) is 63.8 Å². The summed E-state index contributed by atoms with van der Waals surface area (Å²) in [6.45, 7) is 3.08. The monoisotopic (exact) mass is 448 g/mol. The molecule has 1 saturated heterocycles. The minimum atomic E-state index is -0.494. The summed E-state index contributed by atoms with van der Waals surface area (Å²) in [5.74, 6) is 6.02. The standard InChI is InChI=1S/C28H32O5/c1-2-3-12-27(13-7-14-27)25(29)11-10-22-23-19-28(31-15-16-32-28)18-21(23)17-24(22)33-26(30)20-8-5-4-6-9-20/h4-6,8-11,21-24H,7,12-19H2,1H3/b11-10+/t21-,22-,23+,24-/m1/s1. The number of ether oxygens (including phenoxy) is 3. The van der Waals surface area contributed by atoms with E-state index in [4.69, 9.17) is 14.2 Å². The first-order chi connectivity index (χ1) is 16.0. The number of rotatable bonds is 6. The SMILES string of the molecule is CC#CCC1(C(=O)/C=C/[C@@H]2[C@H]3CC4(C[C@H]3C[C@H]2OC(=O)c2ccccc2)OCCO4)CCC1. The number of benzene rings is 1. The second kappa shape index (κ2) is 9.08. The van der Waals surface area contributed by atoms with Gasteiger partial charge < -0.3 is 14.2 Å². The molecule has 1 heterocycles. The molecule has 0 N–H and O–H groups in total. The average molecular weight is 449 g/mol. The van der Waals surface area contributed by atoms with Crippen LogP contribution in [-0.4, -0.2) is 36.9 Å². The Morgan fingerprint density at radius 3 is 2.58 bits per heavy atom. The Hall–Kier alpha value is -2.42. The van der Waals surface area contributed by atoms with Gasteiger partial charge in [-0.3, -0.25) is 4.79 Å². The van der Waals surface area contributed by atoms with Gasteiger partial charge in [0.1, 0.15) is 6.10 Å². The lowest BCUT2D eigenvalue weighted by molar-refractivity contribution is -0.157. The zero-order chi connectivity index (χ0) is 22.9. The molecule has 1 aliphatic heterocycles. The van der Waals surface area contributed by atoms with Crippen molar-refractivity contribution in [1.82, 2.24) is 0 Å². The molecule has 5 heteroatoms. The maximum absolute atomic E-state index is 13.2. The van der Waals surface area contributed by atoms with Gasteiger partial charge in [-0.25, -0.2) is 4.79 Å². The predicted octanol–water partition coefficient (Wildman–Crippen LogP) is 4.71. The second-order valence-corrected chi connectivity index (χ2v) is 10.0. The summed E-state index contributed by atoms with van der Waals surface area (Å²) in [4.78, 5) is 26.0. The van der Waals surface area contributed by atoms with Crippen molar-refractivity contribution in [3.8, 4) is 11.8 Å². The molecular weight excluding hydrogens is 416 g/mol. The minimum absolute atomic E-state index is 0.0202. The third-order valence-electron chi connectivity index (χ3n) is 8.17. The van der Waals surface area contributed by atoms with E-state index in [1.165, 1.54) is 0 Å². The van der Waals surface area contributed by atoms with Crippen molar-refractivity contribution in [3.05, 3.63) is 48.0 Å². The Balaban J connectivity index is 1.35. The third kappa shape index (κ3) is 4.27. The quantitative estimate of drug-likeness (QED) is 0.358. The van der Waals surface area contributed by atoms with Crippen molar-refractivity contribution in [2.75, 3.05) is 13.2 Å². The molecule has 3 saturated carbocycles. The number of allylic oxidation sites excluding steroid dienone is 1. The number of fused-ring (bicyclic) bond motifs is 1. The van der Waals surface area contributed by atoms with E-state index in [9.17, 15) is 9.59 Å². The number of carbonyl (C=O) groups is 2. The van der Waals surface area contributed by atoms with E-state index < -0.39 is 5.79 Å². The average Bonchev–Trinajstić information content (AvgIpc) is 3.47. The number of ketones is 1. The van der Waals surface area contributed by atoms with Crippen molar-refractivity contribution >= 4 is 11.8 Å². The van der Waals surface area contributed by atoms with E-state index in [1.807, 2.05) is 31.2 Å². The van der Waals surface area contributed by atoms with Gasteiger partial charge in [0.25, 0.3) is 0 Å². The molecule has 5 rings (SSSR count). The number of hydrogen-bond acceptors (Lipinski definition) is 5. The fraction of sp³-hybridized carbons (Fsp3) is 0.571. The van der Waals surface area contributed by atoms with Crippen LogP contribution in [0.3, 0.4) is 0 Å². The van der Waals surface area contributed by atoms with Crippen LogP contribution < -0.4 is 0 Å². The van der Waals surface area contributed by atoms with Crippen LogP contribution in [0.2, 0.25) is 0 Å². The molecule has 4 fully saturated rings. The first-order valence-corrected chi connectivity index (χ1v) is 12.2. The summed E-state index contributed by atoms with van der Waals surface area (Å²) in [6, 6.07) is 9.11. The van der Waals surface area contributed by atoms with Crippen LogP contribution in [0.5, 0.6) is 0 Å². The Labute approximate surface area is 195 Å². The first-order valence-electron chi connectivity index (χ1n) is 12.2. The number of hydrogen-bond donors (Lipinski definition) is 0. The Bertz CT molecular complexity index is 975. The van der Waals surface area contributed by atoms with E-state index >= 15 is 0 Å². The molecule has 1 aromatic carbocycles. The highest BCUT2D eigenvalue weighted by molar-refractivity contribution is 5.95. The summed E-state index contributed by atoms with van der Waals surface area (Å²) in [7, 11) is 0. The van der Waals surface area contributed by atoms with Gasteiger partial charge in [0, 0.05) is 30.6 Å². The van der Waals surface area contributed by atoms with Gasteiger partial charge in [-0.15, -0.1) is 11.8 Å². The molecule has 33 heavy (non-hydrogen) atoms. The van der Waals surface area contributed by atoms with Crippen molar-refractivity contribution in [2.24, 2.45) is 23.2 Å². The second-order valence-electron chi connectivity index (χ2n) is 10.0. The summed E-state index contributed by atoms with van der Waals surface area (Å²) < 4.78 is 18.0. The largest absolute Gasteiger partial charge is 0.458 e. The van der Waals surface area contributed by atoms with E-state index in [0.29, 0.717) is 31.1 Å². The zero-order valence-electron chi connectivity index (χ0n) is 19.3. The van der Waals surface area contributed by atoms with E-state index in [0.717, 1.165) is 38.5 Å². The normalized spacial score (nSPS) is 31.1. The van der Waals surface area contributed by atoms with Gasteiger partial charge in [0.15, 0.2) is 11.6 Å². The molecule has 0 aromatic heterocycles. The summed E-state index contributed by atoms with van der Waals surface area (Å²) in [6.07, 6.45) is 9.41. The molecule has 4 atom stereocenters. The fourth-order valence-corrected chi connectivity index (χ4v) is 6.25. The zero-order valence-corrected chi connectivity index (χ0v) is 19.3. The molecule has 0 unspecified atom stereocenters. The van der Waals surface area contributed by atoms with Gasteiger partial charge in [-0.05, 0) is 56.2 Å². The van der Waals surface area contributed by atoms with E-state index in [1.54, 1.807) is 18.2 Å². The Morgan fingerprint density at radius 1 is 1.15 bits per heavy atom. The van der Waals surface area contributed by atoms with Gasteiger partial charge in [-0.2, -0.15) is 0 Å². The summed E-state index contributed by atoms with van der Waals surface area (Å²) >= 11 is 0. The molecule has 1 aromatic rings. The van der Waals surface area contributed by atoms with Crippen LogP contribution in [0, 0.1) is 35.0 Å². The Kier molecular flexibility index (Phi) is 6.16. The lowest BCUT2D eigenvalue weighted by Crippen LogP contribution is -2.37. The molecule has 4 aliphatic rings. The minimum Gasteiger partial charge on any atom is -0.458 e. The molecule has 0 amide bonds. The molecule has 0 bridgehead atoms. The van der Waals surface area contributed by atoms with Crippen LogP contribution in [0.15, 0.2) is 42.5 Å². The van der Waals surface area contributed by atoms with Crippen molar-refractivity contribution < 1.29 is 23.8 Å². The van der Waals surface area contributed by atoms with Crippen LogP contribution in [0.1, 0.15) is 62.2 Å². The van der Waals surface area contributed by atoms with Gasteiger partial charge in [0.2, 0.25) is 0 Å². The lowest BCUT2D eigenvalue weighted by atomic mass is 9.64. The molecule has 3 aliphatic carbocycles. The van der Waals surface area contributed by atoms with Crippen LogP contribution in [0.4, 0.5) is 0 Å².